The molecule has 0 radical (unpaired) electrons. The number of hydrogen-bond donors (Lipinski definition) is 0. The Morgan fingerprint density at radius 3 is 2.53 bits per heavy atom. The van der Waals surface area contributed by atoms with Gasteiger partial charge in [-0.05, 0) is 13.8 Å². The van der Waals surface area contributed by atoms with Gasteiger partial charge >= 0.3 is 0 Å². The summed E-state index contributed by atoms with van der Waals surface area (Å²) in [6, 6.07) is 9.31. The number of hydrogen-bond acceptors (Lipinski definition) is 8. The number of carbonyl (C=O) groups excluding carboxylic acids is 1. The lowest BCUT2D eigenvalue weighted by molar-refractivity contribution is -0.385. The third-order valence-corrected chi connectivity index (χ3v) is 6.12. The van der Waals surface area contributed by atoms with Crippen LogP contribution in [0.3, 0.4) is 0 Å². The number of piperazine rings is 1. The Bertz CT molecular complexity index is 1070. The van der Waals surface area contributed by atoms with E-state index in [0.29, 0.717) is 54.2 Å². The van der Waals surface area contributed by atoms with E-state index in [1.54, 1.807) is 11.8 Å². The molecule has 0 spiro atoms. The third-order valence-electron chi connectivity index (χ3n) is 5.10. The molecule has 0 bridgehead atoms. The summed E-state index contributed by atoms with van der Waals surface area (Å²) in [6.45, 7) is 6.62. The van der Waals surface area contributed by atoms with Gasteiger partial charge in [-0.3, -0.25) is 19.8 Å². The molecule has 156 valence electrons. The number of rotatable bonds is 5. The molecular formula is C20H21N5O4S. The number of nitrogens with zero attached hydrogens (tertiary/aromatic N) is 5. The first kappa shape index (κ1) is 20.2. The second kappa shape index (κ2) is 8.33. The molecule has 0 saturated carbocycles. The minimum Gasteiger partial charge on any atom is -0.338 e. The molecule has 3 aromatic rings. The molecule has 3 heterocycles. The minimum absolute atomic E-state index is 0.00256. The fourth-order valence-electron chi connectivity index (χ4n) is 3.35. The molecule has 1 aliphatic rings. The van der Waals surface area contributed by atoms with E-state index in [2.05, 4.69) is 15.0 Å². The molecule has 0 N–H and O–H groups in total. The summed E-state index contributed by atoms with van der Waals surface area (Å²) in [6.07, 6.45) is 0. The van der Waals surface area contributed by atoms with Gasteiger partial charge in [-0.1, -0.05) is 35.0 Å². The van der Waals surface area contributed by atoms with Gasteiger partial charge < -0.3 is 9.42 Å². The highest BCUT2D eigenvalue weighted by Gasteiger charge is 2.27. The van der Waals surface area contributed by atoms with Crippen molar-refractivity contribution in [3.63, 3.8) is 0 Å². The maximum absolute atomic E-state index is 12.7. The first-order valence-corrected chi connectivity index (χ1v) is 10.4. The van der Waals surface area contributed by atoms with E-state index in [4.69, 9.17) is 4.52 Å². The highest BCUT2D eigenvalue weighted by molar-refractivity contribution is 7.14. The number of nitro groups is 1. The summed E-state index contributed by atoms with van der Waals surface area (Å²) in [4.78, 5) is 32.6. The van der Waals surface area contributed by atoms with Gasteiger partial charge in [0.15, 0.2) is 0 Å². The summed E-state index contributed by atoms with van der Waals surface area (Å²) >= 11 is 1.17. The van der Waals surface area contributed by atoms with Crippen LogP contribution in [-0.4, -0.2) is 56.9 Å². The van der Waals surface area contributed by atoms with Crippen molar-refractivity contribution in [3.8, 4) is 11.4 Å². The van der Waals surface area contributed by atoms with Crippen molar-refractivity contribution in [1.82, 2.24) is 19.9 Å². The van der Waals surface area contributed by atoms with Gasteiger partial charge in [0.1, 0.15) is 0 Å². The normalized spacial score (nSPS) is 14.8. The molecule has 0 unspecified atom stereocenters. The van der Waals surface area contributed by atoms with E-state index in [9.17, 15) is 14.9 Å². The lowest BCUT2D eigenvalue weighted by Crippen LogP contribution is -2.48. The van der Waals surface area contributed by atoms with Crippen molar-refractivity contribution in [2.24, 2.45) is 0 Å². The van der Waals surface area contributed by atoms with Gasteiger partial charge in [0.25, 0.3) is 11.6 Å². The van der Waals surface area contributed by atoms with Crippen LogP contribution in [0.15, 0.2) is 34.9 Å². The number of amides is 1. The number of benzene rings is 1. The van der Waals surface area contributed by atoms with Crippen LogP contribution in [0.5, 0.6) is 0 Å². The second-order valence-electron chi connectivity index (χ2n) is 7.26. The Hall–Kier alpha value is -3.11. The van der Waals surface area contributed by atoms with Gasteiger partial charge in [-0.15, -0.1) is 11.3 Å². The average molecular weight is 427 g/mol. The van der Waals surface area contributed by atoms with Crippen LogP contribution in [0.2, 0.25) is 0 Å². The molecule has 1 aliphatic heterocycles. The van der Waals surface area contributed by atoms with E-state index in [-0.39, 0.29) is 11.6 Å². The summed E-state index contributed by atoms with van der Waals surface area (Å²) in [7, 11) is 0. The van der Waals surface area contributed by atoms with Crippen LogP contribution in [-0.2, 0) is 6.54 Å². The van der Waals surface area contributed by atoms with Gasteiger partial charge in [-0.2, -0.15) is 4.98 Å². The summed E-state index contributed by atoms with van der Waals surface area (Å²) in [5.74, 6) is 0.943. The molecule has 1 saturated heterocycles. The lowest BCUT2D eigenvalue weighted by Gasteiger charge is -2.33. The molecule has 30 heavy (non-hydrogen) atoms. The second-order valence-corrected chi connectivity index (χ2v) is 8.51. The molecule has 0 atom stereocenters. The Balaban J connectivity index is 1.34. The maximum Gasteiger partial charge on any atom is 0.283 e. The SMILES string of the molecule is Cc1ccc(-c2noc(CN3CCN(C(=O)c4cc([N+](=O)[O-])c(C)s4)CC3)n2)cc1. The van der Waals surface area contributed by atoms with E-state index in [1.807, 2.05) is 31.2 Å². The highest BCUT2D eigenvalue weighted by atomic mass is 32.1. The van der Waals surface area contributed by atoms with Crippen LogP contribution in [0.1, 0.15) is 26.0 Å². The third kappa shape index (κ3) is 4.24. The van der Waals surface area contributed by atoms with E-state index >= 15 is 0 Å². The molecule has 2 aromatic heterocycles. The van der Waals surface area contributed by atoms with Crippen molar-refractivity contribution < 1.29 is 14.2 Å². The number of thiophene rings is 1. The van der Waals surface area contributed by atoms with Crippen LogP contribution in [0.4, 0.5) is 5.69 Å². The minimum atomic E-state index is -0.449. The van der Waals surface area contributed by atoms with Crippen LogP contribution < -0.4 is 0 Å². The highest BCUT2D eigenvalue weighted by Crippen LogP contribution is 2.29. The quantitative estimate of drug-likeness (QED) is 0.454. The van der Waals surface area contributed by atoms with Crippen molar-refractivity contribution in [2.75, 3.05) is 26.2 Å². The van der Waals surface area contributed by atoms with Gasteiger partial charge in [0.05, 0.1) is 21.2 Å². The zero-order valence-electron chi connectivity index (χ0n) is 16.7. The first-order valence-electron chi connectivity index (χ1n) is 9.57. The lowest BCUT2D eigenvalue weighted by atomic mass is 10.1. The topological polar surface area (TPSA) is 106 Å². The number of aromatic nitrogens is 2. The van der Waals surface area contributed by atoms with E-state index < -0.39 is 4.92 Å². The molecule has 1 aromatic carbocycles. The molecule has 4 rings (SSSR count). The van der Waals surface area contributed by atoms with Crippen molar-refractivity contribution >= 4 is 22.9 Å². The fraction of sp³-hybridized carbons (Fsp3) is 0.350. The molecule has 9 nitrogen and oxygen atoms in total. The van der Waals surface area contributed by atoms with Crippen LogP contribution in [0.25, 0.3) is 11.4 Å². The monoisotopic (exact) mass is 427 g/mol. The van der Waals surface area contributed by atoms with Gasteiger partial charge in [-0.25, -0.2) is 0 Å². The Kier molecular flexibility index (Phi) is 5.60. The predicted molar refractivity (Wildman–Crippen MR) is 111 cm³/mol. The first-order chi connectivity index (χ1) is 14.4. The van der Waals surface area contributed by atoms with E-state index in [1.165, 1.54) is 23.0 Å². The number of aryl methyl sites for hydroxylation is 2. The van der Waals surface area contributed by atoms with E-state index in [0.717, 1.165) is 5.56 Å². The van der Waals surface area contributed by atoms with Crippen LogP contribution in [0, 0.1) is 24.0 Å². The molecule has 1 fully saturated rings. The van der Waals surface area contributed by atoms with Crippen molar-refractivity contribution in [2.45, 2.75) is 20.4 Å². The molecule has 1 amide bonds. The van der Waals surface area contributed by atoms with Gasteiger partial charge in [0, 0.05) is 37.8 Å². The standard InChI is InChI=1S/C20H21N5O4S/c1-13-3-5-15(6-4-13)19-21-18(29-22-19)12-23-7-9-24(10-8-23)20(26)17-11-16(25(27)28)14(2)30-17/h3-6,11H,7-10,12H2,1-2H3. The Morgan fingerprint density at radius 1 is 1.20 bits per heavy atom. The van der Waals surface area contributed by atoms with Crippen LogP contribution >= 0.6 is 11.3 Å². The maximum atomic E-state index is 12.7. The van der Waals surface area contributed by atoms with Gasteiger partial charge in [0.2, 0.25) is 11.7 Å². The smallest absolute Gasteiger partial charge is 0.283 e. The molecular weight excluding hydrogens is 406 g/mol. The summed E-state index contributed by atoms with van der Waals surface area (Å²) in [5, 5.41) is 15.1. The zero-order valence-corrected chi connectivity index (χ0v) is 17.5. The van der Waals surface area contributed by atoms with Crippen molar-refractivity contribution in [3.05, 3.63) is 61.7 Å². The Labute approximate surface area is 177 Å². The molecule has 0 aliphatic carbocycles. The fourth-order valence-corrected chi connectivity index (χ4v) is 4.31. The predicted octanol–water partition coefficient (Wildman–Crippen LogP) is 3.28. The Morgan fingerprint density at radius 2 is 1.90 bits per heavy atom. The summed E-state index contributed by atoms with van der Waals surface area (Å²) in [5.41, 5.74) is 2.08. The number of carbonyl (C=O) groups is 1. The zero-order chi connectivity index (χ0) is 21.3. The largest absolute Gasteiger partial charge is 0.338 e. The summed E-state index contributed by atoms with van der Waals surface area (Å²) < 4.78 is 5.39. The average Bonchev–Trinajstić information content (AvgIpc) is 3.35. The van der Waals surface area contributed by atoms with Crippen molar-refractivity contribution in [1.29, 1.82) is 0 Å². The molecule has 10 heteroatoms.